The molecule has 0 unspecified atom stereocenters. The topological polar surface area (TPSA) is 54.5 Å². The van der Waals surface area contributed by atoms with Gasteiger partial charge in [-0.25, -0.2) is 8.42 Å². The minimum Gasteiger partial charge on any atom is -0.295 e. The average molecular weight is 251 g/mol. The number of carbonyl (C=O) groups excluding carboxylic acids is 1. The fourth-order valence-corrected chi connectivity index (χ4v) is 2.34. The van der Waals surface area contributed by atoms with Gasteiger partial charge in [-0.05, 0) is 19.1 Å². The van der Waals surface area contributed by atoms with Crippen LogP contribution in [0, 0.1) is 12.3 Å². The summed E-state index contributed by atoms with van der Waals surface area (Å²) >= 11 is 0. The first-order valence-corrected chi connectivity index (χ1v) is 6.34. The van der Waals surface area contributed by atoms with Crippen LogP contribution in [0.3, 0.4) is 0 Å². The Hall–Kier alpha value is -1.64. The summed E-state index contributed by atoms with van der Waals surface area (Å²) in [7, 11) is -2.15. The Morgan fingerprint density at radius 3 is 2.29 bits per heavy atom. The van der Waals surface area contributed by atoms with Crippen molar-refractivity contribution in [3.63, 3.8) is 0 Å². The van der Waals surface area contributed by atoms with Crippen LogP contribution in [0.2, 0.25) is 0 Å². The smallest absolute Gasteiger partial charge is 0.243 e. The third kappa shape index (κ3) is 2.93. The summed E-state index contributed by atoms with van der Waals surface area (Å²) in [4.78, 5) is 11.2. The van der Waals surface area contributed by atoms with Crippen LogP contribution in [0.4, 0.5) is 0 Å². The van der Waals surface area contributed by atoms with Crippen molar-refractivity contribution in [1.29, 1.82) is 0 Å². The maximum Gasteiger partial charge on any atom is 0.243 e. The second-order valence-corrected chi connectivity index (χ2v) is 5.59. The lowest BCUT2D eigenvalue weighted by atomic mass is 10.2. The summed E-state index contributed by atoms with van der Waals surface area (Å²) in [6, 6.07) is 5.77. The second-order valence-electron chi connectivity index (χ2n) is 3.55. The molecular weight excluding hydrogens is 238 g/mol. The van der Waals surface area contributed by atoms with E-state index in [2.05, 4.69) is 5.92 Å². The zero-order valence-electron chi connectivity index (χ0n) is 9.67. The molecule has 0 saturated carbocycles. The summed E-state index contributed by atoms with van der Waals surface area (Å²) in [6.07, 6.45) is 5.07. The molecule has 0 aliphatic rings. The maximum absolute atomic E-state index is 11.9. The van der Waals surface area contributed by atoms with E-state index in [1.54, 1.807) is 0 Å². The van der Waals surface area contributed by atoms with Gasteiger partial charge in [-0.2, -0.15) is 4.31 Å². The van der Waals surface area contributed by atoms with E-state index in [4.69, 9.17) is 6.42 Å². The molecule has 1 rings (SSSR count). The van der Waals surface area contributed by atoms with E-state index in [9.17, 15) is 13.2 Å². The monoisotopic (exact) mass is 251 g/mol. The molecule has 17 heavy (non-hydrogen) atoms. The summed E-state index contributed by atoms with van der Waals surface area (Å²) in [5.74, 6) is 2.16. The maximum atomic E-state index is 11.9. The predicted octanol–water partition coefficient (Wildman–Crippen LogP) is 1.14. The minimum absolute atomic E-state index is 0.0107. The number of carbonyl (C=O) groups is 1. The lowest BCUT2D eigenvalue weighted by molar-refractivity contribution is 0.101. The number of hydrogen-bond donors (Lipinski definition) is 0. The molecule has 0 radical (unpaired) electrons. The third-order valence-electron chi connectivity index (χ3n) is 2.28. The van der Waals surface area contributed by atoms with Gasteiger partial charge < -0.3 is 0 Å². The molecule has 0 N–H and O–H groups in total. The van der Waals surface area contributed by atoms with E-state index >= 15 is 0 Å². The van der Waals surface area contributed by atoms with Gasteiger partial charge >= 0.3 is 0 Å². The van der Waals surface area contributed by atoms with Crippen LogP contribution < -0.4 is 0 Å². The first-order chi connectivity index (χ1) is 7.89. The van der Waals surface area contributed by atoms with Gasteiger partial charge in [0.25, 0.3) is 0 Å². The summed E-state index contributed by atoms with van der Waals surface area (Å²) in [5.41, 5.74) is 0.476. The van der Waals surface area contributed by atoms with Crippen molar-refractivity contribution >= 4 is 15.8 Å². The molecule has 0 fully saturated rings. The highest BCUT2D eigenvalue weighted by molar-refractivity contribution is 7.89. The number of terminal acetylenes is 1. The van der Waals surface area contributed by atoms with Crippen molar-refractivity contribution in [2.75, 3.05) is 13.6 Å². The zero-order valence-corrected chi connectivity index (χ0v) is 10.5. The highest BCUT2D eigenvalue weighted by Crippen LogP contribution is 2.15. The number of benzene rings is 1. The Morgan fingerprint density at radius 2 is 1.88 bits per heavy atom. The van der Waals surface area contributed by atoms with Gasteiger partial charge in [0, 0.05) is 12.6 Å². The van der Waals surface area contributed by atoms with Crippen molar-refractivity contribution < 1.29 is 13.2 Å². The lowest BCUT2D eigenvalue weighted by Gasteiger charge is -2.14. The molecule has 4 nitrogen and oxygen atoms in total. The Balaban J connectivity index is 3.09. The highest BCUT2D eigenvalue weighted by Gasteiger charge is 2.19. The first kappa shape index (κ1) is 13.4. The summed E-state index contributed by atoms with van der Waals surface area (Å²) in [5, 5.41) is 0. The fourth-order valence-electron chi connectivity index (χ4n) is 1.26. The van der Waals surface area contributed by atoms with E-state index in [-0.39, 0.29) is 17.2 Å². The van der Waals surface area contributed by atoms with Gasteiger partial charge in [0.05, 0.1) is 11.4 Å². The molecule has 0 heterocycles. The van der Waals surface area contributed by atoms with Crippen molar-refractivity contribution in [3.8, 4) is 12.3 Å². The van der Waals surface area contributed by atoms with Crippen LogP contribution >= 0.6 is 0 Å². The van der Waals surface area contributed by atoms with Crippen LogP contribution in [-0.2, 0) is 10.0 Å². The second kappa shape index (κ2) is 5.13. The van der Waals surface area contributed by atoms with Crippen molar-refractivity contribution in [2.24, 2.45) is 0 Å². The van der Waals surface area contributed by atoms with Crippen molar-refractivity contribution in [1.82, 2.24) is 4.31 Å². The van der Waals surface area contributed by atoms with Gasteiger partial charge in [-0.1, -0.05) is 18.1 Å². The quantitative estimate of drug-likeness (QED) is 0.595. The molecule has 0 aromatic heterocycles. The van der Waals surface area contributed by atoms with Gasteiger partial charge in [-0.3, -0.25) is 4.79 Å². The third-order valence-corrected chi connectivity index (χ3v) is 4.10. The molecule has 0 bridgehead atoms. The molecule has 0 amide bonds. The van der Waals surface area contributed by atoms with Crippen LogP contribution in [-0.4, -0.2) is 32.1 Å². The van der Waals surface area contributed by atoms with E-state index in [0.717, 1.165) is 4.31 Å². The van der Waals surface area contributed by atoms with Crippen LogP contribution in [0.25, 0.3) is 0 Å². The highest BCUT2D eigenvalue weighted by atomic mass is 32.2. The van der Waals surface area contributed by atoms with E-state index < -0.39 is 10.0 Å². The Morgan fingerprint density at radius 1 is 1.35 bits per heavy atom. The fraction of sp³-hybridized carbons (Fsp3) is 0.250. The van der Waals surface area contributed by atoms with Crippen molar-refractivity contribution in [3.05, 3.63) is 29.8 Å². The van der Waals surface area contributed by atoms with Gasteiger partial charge in [0.15, 0.2) is 5.78 Å². The van der Waals surface area contributed by atoms with Crippen LogP contribution in [0.15, 0.2) is 29.2 Å². The average Bonchev–Trinajstić information content (AvgIpc) is 2.29. The largest absolute Gasteiger partial charge is 0.295 e. The molecule has 1 aromatic rings. The molecule has 0 aliphatic heterocycles. The summed E-state index contributed by atoms with van der Waals surface area (Å²) < 4.78 is 25.0. The molecule has 0 atom stereocenters. The van der Waals surface area contributed by atoms with Gasteiger partial charge in [-0.15, -0.1) is 6.42 Å². The number of hydrogen-bond acceptors (Lipinski definition) is 3. The van der Waals surface area contributed by atoms with E-state index in [1.165, 1.54) is 38.2 Å². The number of nitrogens with zero attached hydrogens (tertiary/aromatic N) is 1. The van der Waals surface area contributed by atoms with Gasteiger partial charge in [0.2, 0.25) is 10.0 Å². The number of sulfonamides is 1. The molecule has 0 saturated heterocycles. The molecule has 0 spiro atoms. The first-order valence-electron chi connectivity index (χ1n) is 4.90. The number of ketones is 1. The standard InChI is InChI=1S/C12H13NO3S/c1-4-9-13(3)17(15,16)12-7-5-11(6-8-12)10(2)14/h1,5-8H,9H2,2-3H3. The normalized spacial score (nSPS) is 11.2. The Kier molecular flexibility index (Phi) is 4.05. The zero-order chi connectivity index (χ0) is 13.1. The SMILES string of the molecule is C#CCN(C)S(=O)(=O)c1ccc(C(C)=O)cc1. The predicted molar refractivity (Wildman–Crippen MR) is 65.1 cm³/mol. The van der Waals surface area contributed by atoms with Crippen LogP contribution in [0.1, 0.15) is 17.3 Å². The summed E-state index contributed by atoms with van der Waals surface area (Å²) in [6.45, 7) is 1.44. The Bertz CT molecular complexity index is 552. The molecular formula is C12H13NO3S. The van der Waals surface area contributed by atoms with E-state index in [1.807, 2.05) is 0 Å². The van der Waals surface area contributed by atoms with E-state index in [0.29, 0.717) is 5.56 Å². The molecule has 5 heteroatoms. The van der Waals surface area contributed by atoms with Gasteiger partial charge in [0.1, 0.15) is 0 Å². The number of rotatable bonds is 4. The minimum atomic E-state index is -3.56. The number of Topliss-reactive ketones (excluding diaryl/α,β-unsaturated/α-hetero) is 1. The molecule has 1 aromatic carbocycles. The van der Waals surface area contributed by atoms with Crippen LogP contribution in [0.5, 0.6) is 0 Å². The van der Waals surface area contributed by atoms with Crippen molar-refractivity contribution in [2.45, 2.75) is 11.8 Å². The molecule has 90 valence electrons. The Labute approximate surface area is 101 Å². The lowest BCUT2D eigenvalue weighted by Crippen LogP contribution is -2.27. The molecule has 0 aliphatic carbocycles.